The molecule has 0 saturated carbocycles. The van der Waals surface area contributed by atoms with Gasteiger partial charge in [0.2, 0.25) is 0 Å². The van der Waals surface area contributed by atoms with Crippen LogP contribution >= 0.6 is 0 Å². The highest BCUT2D eigenvalue weighted by atomic mass is 15.2. The highest BCUT2D eigenvalue weighted by molar-refractivity contribution is 4.92. The highest BCUT2D eigenvalue weighted by Gasteiger charge is 2.19. The van der Waals surface area contributed by atoms with Gasteiger partial charge >= 0.3 is 0 Å². The summed E-state index contributed by atoms with van der Waals surface area (Å²) in [6.45, 7) is 7.33. The number of nitrogens with zero attached hydrogens (tertiary/aromatic N) is 1. The minimum Gasteiger partial charge on any atom is -0.309 e. The highest BCUT2D eigenvalue weighted by Crippen LogP contribution is 2.02. The van der Waals surface area contributed by atoms with E-state index in [2.05, 4.69) is 30.0 Å². The topological polar surface area (TPSA) is 15.3 Å². The molecule has 2 atom stereocenters. The van der Waals surface area contributed by atoms with Gasteiger partial charge in [0.25, 0.3) is 0 Å². The fourth-order valence-electron chi connectivity index (χ4n) is 1.70. The largest absolute Gasteiger partial charge is 0.309 e. The van der Waals surface area contributed by atoms with E-state index in [9.17, 15) is 0 Å². The molecule has 0 aliphatic carbocycles. The summed E-state index contributed by atoms with van der Waals surface area (Å²) in [7, 11) is 0. The summed E-state index contributed by atoms with van der Waals surface area (Å²) < 4.78 is 0. The van der Waals surface area contributed by atoms with Gasteiger partial charge in [0.1, 0.15) is 0 Å². The lowest BCUT2D eigenvalue weighted by molar-refractivity contribution is 0.192. The molecule has 1 heterocycles. The van der Waals surface area contributed by atoms with E-state index in [1.807, 2.05) is 0 Å². The van der Waals surface area contributed by atoms with Crippen molar-refractivity contribution in [3.05, 3.63) is 0 Å². The monoisotopic (exact) mass is 152 g/mol. The molecule has 1 fully saturated rings. The Kier molecular flexibility index (Phi) is 2.92. The van der Waals surface area contributed by atoms with Crippen molar-refractivity contribution in [3.63, 3.8) is 0 Å². The number of hydrogen-bond donors (Lipinski definition) is 1. The molecule has 2 heteroatoms. The minimum atomic E-state index is 0.576. The average Bonchev–Trinajstić information content (AvgIpc) is 1.85. The summed E-state index contributed by atoms with van der Waals surface area (Å²) in [5, 5.41) is 3.46. The number of piperazine rings is 1. The zero-order valence-electron chi connectivity index (χ0n) is 7.30. The van der Waals surface area contributed by atoms with Crippen LogP contribution in [0.3, 0.4) is 0 Å². The molecule has 2 nitrogen and oxygen atoms in total. The summed E-state index contributed by atoms with van der Waals surface area (Å²) >= 11 is 0. The van der Waals surface area contributed by atoms with Crippen LogP contribution in [-0.4, -0.2) is 36.6 Å². The van der Waals surface area contributed by atoms with E-state index in [0.29, 0.717) is 12.1 Å². The normalized spacial score (nSPS) is 33.2. The molecule has 0 aromatic carbocycles. The number of terminal acetylenes is 1. The van der Waals surface area contributed by atoms with E-state index in [1.54, 1.807) is 0 Å². The molecule has 0 amide bonds. The predicted molar refractivity (Wildman–Crippen MR) is 47.3 cm³/mol. The van der Waals surface area contributed by atoms with E-state index >= 15 is 0 Å². The standard InChI is InChI=1S/C9H16N2/c1-4-5-11-6-8(2)10-9(3)7-11/h1,8-10H,5-7H2,2-3H3/t8-,9?/m1/s1. The number of rotatable bonds is 1. The quantitative estimate of drug-likeness (QED) is 0.544. The Labute approximate surface area is 69.0 Å². The van der Waals surface area contributed by atoms with Crippen LogP contribution in [0, 0.1) is 12.3 Å². The van der Waals surface area contributed by atoms with Gasteiger partial charge in [-0.2, -0.15) is 0 Å². The predicted octanol–water partition coefficient (Wildman–Crippen LogP) is 0.302. The zero-order valence-corrected chi connectivity index (χ0v) is 7.30. The van der Waals surface area contributed by atoms with E-state index in [-0.39, 0.29) is 0 Å². The van der Waals surface area contributed by atoms with Crippen molar-refractivity contribution in [2.75, 3.05) is 19.6 Å². The van der Waals surface area contributed by atoms with E-state index in [4.69, 9.17) is 6.42 Å². The van der Waals surface area contributed by atoms with E-state index in [1.165, 1.54) is 0 Å². The summed E-state index contributed by atoms with van der Waals surface area (Å²) in [6.07, 6.45) is 5.24. The first-order chi connectivity index (χ1) is 5.22. The molecule has 0 bridgehead atoms. The molecular weight excluding hydrogens is 136 g/mol. The first-order valence-corrected chi connectivity index (χ1v) is 4.14. The van der Waals surface area contributed by atoms with Crippen molar-refractivity contribution in [1.82, 2.24) is 10.2 Å². The maximum atomic E-state index is 5.24. The van der Waals surface area contributed by atoms with Crippen molar-refractivity contribution in [3.8, 4) is 12.3 Å². The number of nitrogens with one attached hydrogen (secondary N) is 1. The second-order valence-electron chi connectivity index (χ2n) is 3.37. The lowest BCUT2D eigenvalue weighted by Gasteiger charge is -2.34. The fraction of sp³-hybridized carbons (Fsp3) is 0.778. The van der Waals surface area contributed by atoms with E-state index in [0.717, 1.165) is 19.6 Å². The molecule has 1 N–H and O–H groups in total. The van der Waals surface area contributed by atoms with Gasteiger partial charge in [0, 0.05) is 25.2 Å². The fourth-order valence-corrected chi connectivity index (χ4v) is 1.70. The Bertz CT molecular complexity index is 149. The summed E-state index contributed by atoms with van der Waals surface area (Å²) in [6, 6.07) is 1.15. The minimum absolute atomic E-state index is 0.576. The van der Waals surface area contributed by atoms with Crippen molar-refractivity contribution in [1.29, 1.82) is 0 Å². The van der Waals surface area contributed by atoms with Crippen molar-refractivity contribution in [2.24, 2.45) is 0 Å². The maximum absolute atomic E-state index is 5.24. The Morgan fingerprint density at radius 1 is 1.45 bits per heavy atom. The van der Waals surface area contributed by atoms with E-state index < -0.39 is 0 Å². The molecule has 0 aromatic rings. The Hall–Kier alpha value is -0.520. The van der Waals surface area contributed by atoms with Crippen LogP contribution in [0.5, 0.6) is 0 Å². The second-order valence-corrected chi connectivity index (χ2v) is 3.37. The van der Waals surface area contributed by atoms with Gasteiger partial charge in [0.05, 0.1) is 6.54 Å². The van der Waals surface area contributed by atoms with Gasteiger partial charge in [-0.15, -0.1) is 6.42 Å². The zero-order chi connectivity index (χ0) is 8.27. The summed E-state index contributed by atoms with van der Waals surface area (Å²) in [5.41, 5.74) is 0. The molecule has 11 heavy (non-hydrogen) atoms. The Balaban J connectivity index is 2.38. The third kappa shape index (κ3) is 2.53. The lowest BCUT2D eigenvalue weighted by Crippen LogP contribution is -2.54. The SMILES string of the molecule is C#CCN1CC(C)N[C@H](C)C1. The van der Waals surface area contributed by atoms with Gasteiger partial charge < -0.3 is 5.32 Å². The maximum Gasteiger partial charge on any atom is 0.0599 e. The lowest BCUT2D eigenvalue weighted by atomic mass is 10.1. The van der Waals surface area contributed by atoms with Crippen LogP contribution in [0.4, 0.5) is 0 Å². The Morgan fingerprint density at radius 3 is 2.45 bits per heavy atom. The van der Waals surface area contributed by atoms with Gasteiger partial charge in [0.15, 0.2) is 0 Å². The van der Waals surface area contributed by atoms with Crippen LogP contribution in [0.15, 0.2) is 0 Å². The molecule has 0 aromatic heterocycles. The number of hydrogen-bond acceptors (Lipinski definition) is 2. The molecule has 1 rings (SSSR count). The first-order valence-electron chi connectivity index (χ1n) is 4.14. The van der Waals surface area contributed by atoms with Crippen molar-refractivity contribution >= 4 is 0 Å². The third-order valence-corrected chi connectivity index (χ3v) is 1.95. The van der Waals surface area contributed by atoms with Gasteiger partial charge in [-0.1, -0.05) is 5.92 Å². The second kappa shape index (κ2) is 3.75. The molecule has 1 aliphatic rings. The molecule has 1 aliphatic heterocycles. The van der Waals surface area contributed by atoms with Crippen LogP contribution in [-0.2, 0) is 0 Å². The average molecular weight is 152 g/mol. The molecule has 1 unspecified atom stereocenters. The van der Waals surface area contributed by atoms with Crippen LogP contribution in [0.25, 0.3) is 0 Å². The Morgan fingerprint density at radius 2 is 2.00 bits per heavy atom. The summed E-state index contributed by atoms with van der Waals surface area (Å²) in [4.78, 5) is 2.31. The van der Waals surface area contributed by atoms with Crippen molar-refractivity contribution < 1.29 is 0 Å². The molecular formula is C9H16N2. The molecule has 1 saturated heterocycles. The molecule has 0 spiro atoms. The van der Waals surface area contributed by atoms with Crippen LogP contribution in [0.2, 0.25) is 0 Å². The van der Waals surface area contributed by atoms with Gasteiger partial charge in [-0.3, -0.25) is 4.90 Å². The molecule has 0 radical (unpaired) electrons. The van der Waals surface area contributed by atoms with Gasteiger partial charge in [-0.25, -0.2) is 0 Å². The van der Waals surface area contributed by atoms with Crippen LogP contribution < -0.4 is 5.32 Å². The smallest absolute Gasteiger partial charge is 0.0599 e. The summed E-state index contributed by atoms with van der Waals surface area (Å²) in [5.74, 6) is 2.68. The van der Waals surface area contributed by atoms with Gasteiger partial charge in [-0.05, 0) is 13.8 Å². The molecule has 62 valence electrons. The van der Waals surface area contributed by atoms with Crippen molar-refractivity contribution in [2.45, 2.75) is 25.9 Å². The third-order valence-electron chi connectivity index (χ3n) is 1.95. The first kappa shape index (κ1) is 8.58. The van der Waals surface area contributed by atoms with Crippen LogP contribution in [0.1, 0.15) is 13.8 Å².